The molecule has 0 bridgehead atoms. The highest BCUT2D eigenvalue weighted by Gasteiger charge is 2.13. The molecule has 0 heterocycles. The third-order valence-electron chi connectivity index (χ3n) is 3.00. The molecule has 2 rings (SSSR count). The highest BCUT2D eigenvalue weighted by atomic mass is 35.5. The molecule has 0 aromatic heterocycles. The molecular weight excluding hydrogens is 302 g/mol. The second-order valence-corrected chi connectivity index (χ2v) is 5.15. The summed E-state index contributed by atoms with van der Waals surface area (Å²) in [5, 5.41) is 3.03. The third-order valence-corrected chi connectivity index (χ3v) is 3.33. The zero-order valence-corrected chi connectivity index (χ0v) is 13.1. The van der Waals surface area contributed by atoms with E-state index < -0.39 is 5.97 Å². The van der Waals surface area contributed by atoms with E-state index in [1.807, 2.05) is 19.1 Å². The molecule has 0 spiro atoms. The molecule has 0 radical (unpaired) electrons. The number of carbonyl (C=O) groups excluding carboxylic acids is 2. The molecule has 0 saturated heterocycles. The number of rotatable bonds is 4. The van der Waals surface area contributed by atoms with Crippen LogP contribution in [-0.4, -0.2) is 18.5 Å². The van der Waals surface area contributed by atoms with Gasteiger partial charge in [0.15, 0.2) is 0 Å². The van der Waals surface area contributed by atoms with E-state index >= 15 is 0 Å². The minimum Gasteiger partial charge on any atom is -0.462 e. The van der Waals surface area contributed by atoms with Crippen LogP contribution < -0.4 is 5.32 Å². The summed E-state index contributed by atoms with van der Waals surface area (Å²) in [6, 6.07) is 11.9. The van der Waals surface area contributed by atoms with Gasteiger partial charge < -0.3 is 10.1 Å². The molecule has 4 nitrogen and oxygen atoms in total. The Morgan fingerprint density at radius 1 is 1.18 bits per heavy atom. The van der Waals surface area contributed by atoms with E-state index in [4.69, 9.17) is 16.3 Å². The Morgan fingerprint density at radius 2 is 1.95 bits per heavy atom. The van der Waals surface area contributed by atoms with Crippen molar-refractivity contribution in [2.24, 2.45) is 0 Å². The van der Waals surface area contributed by atoms with Gasteiger partial charge >= 0.3 is 5.97 Å². The highest BCUT2D eigenvalue weighted by Crippen LogP contribution is 2.22. The minimum absolute atomic E-state index is 0.227. The van der Waals surface area contributed by atoms with Crippen LogP contribution in [0.25, 0.3) is 0 Å². The minimum atomic E-state index is -0.515. The number of carbonyl (C=O) groups is 2. The summed E-state index contributed by atoms with van der Waals surface area (Å²) in [5.74, 6) is -0.764. The normalized spacial score (nSPS) is 10.1. The van der Waals surface area contributed by atoms with E-state index in [9.17, 15) is 9.59 Å². The average Bonchev–Trinajstić information content (AvgIpc) is 2.49. The van der Waals surface area contributed by atoms with E-state index in [1.165, 1.54) is 6.07 Å². The lowest BCUT2D eigenvalue weighted by atomic mass is 10.1. The Bertz CT molecular complexity index is 713. The van der Waals surface area contributed by atoms with Gasteiger partial charge in [0.2, 0.25) is 0 Å². The molecule has 0 aliphatic heterocycles. The fourth-order valence-corrected chi connectivity index (χ4v) is 2.15. The van der Waals surface area contributed by atoms with Crippen molar-refractivity contribution in [3.63, 3.8) is 0 Å². The molecular formula is C17H16ClNO3. The van der Waals surface area contributed by atoms with Gasteiger partial charge in [0.05, 0.1) is 17.2 Å². The number of aryl methyl sites for hydroxylation is 1. The molecule has 1 amide bonds. The van der Waals surface area contributed by atoms with Crippen LogP contribution in [0.15, 0.2) is 42.5 Å². The SMILES string of the molecule is CCOC(=O)c1cc(NC(=O)c2cccc(C)c2)ccc1Cl. The zero-order chi connectivity index (χ0) is 16.1. The predicted octanol–water partition coefficient (Wildman–Crippen LogP) is 4.08. The maximum Gasteiger partial charge on any atom is 0.339 e. The Kier molecular flexibility index (Phi) is 5.17. The average molecular weight is 318 g/mol. The second-order valence-electron chi connectivity index (χ2n) is 4.74. The maximum absolute atomic E-state index is 12.2. The molecule has 0 atom stereocenters. The number of hydrogen-bond acceptors (Lipinski definition) is 3. The molecule has 0 unspecified atom stereocenters. The summed E-state index contributed by atoms with van der Waals surface area (Å²) < 4.78 is 4.93. The van der Waals surface area contributed by atoms with E-state index in [-0.39, 0.29) is 23.1 Å². The monoisotopic (exact) mass is 317 g/mol. The highest BCUT2D eigenvalue weighted by molar-refractivity contribution is 6.33. The Balaban J connectivity index is 2.21. The van der Waals surface area contributed by atoms with Crippen LogP contribution in [0, 0.1) is 6.92 Å². The van der Waals surface area contributed by atoms with Gasteiger partial charge in [-0.25, -0.2) is 4.79 Å². The van der Waals surface area contributed by atoms with E-state index in [1.54, 1.807) is 31.2 Å². The van der Waals surface area contributed by atoms with Crippen molar-refractivity contribution in [1.82, 2.24) is 0 Å². The largest absolute Gasteiger partial charge is 0.462 e. The van der Waals surface area contributed by atoms with Gasteiger partial charge in [-0.15, -0.1) is 0 Å². The second kappa shape index (κ2) is 7.09. The number of anilines is 1. The fraction of sp³-hybridized carbons (Fsp3) is 0.176. The molecule has 0 fully saturated rings. The van der Waals surface area contributed by atoms with Crippen molar-refractivity contribution in [3.8, 4) is 0 Å². The van der Waals surface area contributed by atoms with Crippen LogP contribution in [0.1, 0.15) is 33.2 Å². The first-order valence-electron chi connectivity index (χ1n) is 6.86. The molecule has 1 N–H and O–H groups in total. The van der Waals surface area contributed by atoms with Crippen molar-refractivity contribution < 1.29 is 14.3 Å². The number of amides is 1. The molecule has 0 saturated carbocycles. The fourth-order valence-electron chi connectivity index (χ4n) is 1.96. The molecule has 5 heteroatoms. The summed E-state index contributed by atoms with van der Waals surface area (Å²) in [6.45, 7) is 3.89. The smallest absolute Gasteiger partial charge is 0.339 e. The number of hydrogen-bond donors (Lipinski definition) is 1. The zero-order valence-electron chi connectivity index (χ0n) is 12.4. The predicted molar refractivity (Wildman–Crippen MR) is 86.5 cm³/mol. The van der Waals surface area contributed by atoms with Gasteiger partial charge in [0.1, 0.15) is 0 Å². The maximum atomic E-state index is 12.2. The quantitative estimate of drug-likeness (QED) is 0.864. The summed E-state index contributed by atoms with van der Waals surface area (Å²) in [4.78, 5) is 24.0. The van der Waals surface area contributed by atoms with Crippen LogP contribution in [0.3, 0.4) is 0 Å². The van der Waals surface area contributed by atoms with E-state index in [0.29, 0.717) is 11.3 Å². The standard InChI is InChI=1S/C17H16ClNO3/c1-3-22-17(21)14-10-13(7-8-15(14)18)19-16(20)12-6-4-5-11(2)9-12/h4-10H,3H2,1-2H3,(H,19,20). The van der Waals surface area contributed by atoms with E-state index in [0.717, 1.165) is 5.56 Å². The van der Waals surface area contributed by atoms with Gasteiger partial charge in [0, 0.05) is 11.3 Å². The van der Waals surface area contributed by atoms with Crippen molar-refractivity contribution in [2.75, 3.05) is 11.9 Å². The molecule has 2 aromatic carbocycles. The van der Waals surface area contributed by atoms with E-state index in [2.05, 4.69) is 5.32 Å². The summed E-state index contributed by atoms with van der Waals surface area (Å²) in [5.41, 5.74) is 2.26. The number of halogens is 1. The van der Waals surface area contributed by atoms with Gasteiger partial charge in [-0.05, 0) is 44.2 Å². The van der Waals surface area contributed by atoms with Gasteiger partial charge in [-0.3, -0.25) is 4.79 Å². The number of benzene rings is 2. The summed E-state index contributed by atoms with van der Waals surface area (Å²) >= 11 is 5.99. The summed E-state index contributed by atoms with van der Waals surface area (Å²) in [6.07, 6.45) is 0. The van der Waals surface area contributed by atoms with Gasteiger partial charge in [-0.2, -0.15) is 0 Å². The molecule has 0 aliphatic carbocycles. The van der Waals surface area contributed by atoms with Crippen molar-refractivity contribution in [2.45, 2.75) is 13.8 Å². The number of esters is 1. The Hall–Kier alpha value is -2.33. The van der Waals surface area contributed by atoms with Gasteiger partial charge in [-0.1, -0.05) is 29.3 Å². The molecule has 2 aromatic rings. The van der Waals surface area contributed by atoms with Crippen LogP contribution in [0.4, 0.5) is 5.69 Å². The van der Waals surface area contributed by atoms with Crippen LogP contribution in [0.2, 0.25) is 5.02 Å². The van der Waals surface area contributed by atoms with Crippen molar-refractivity contribution in [3.05, 3.63) is 64.2 Å². The van der Waals surface area contributed by atoms with Crippen LogP contribution in [-0.2, 0) is 4.74 Å². The van der Waals surface area contributed by atoms with Crippen molar-refractivity contribution >= 4 is 29.2 Å². The number of ether oxygens (including phenoxy) is 1. The van der Waals surface area contributed by atoms with Crippen LogP contribution in [0.5, 0.6) is 0 Å². The lowest BCUT2D eigenvalue weighted by molar-refractivity contribution is 0.0526. The first-order chi connectivity index (χ1) is 10.5. The molecule has 22 heavy (non-hydrogen) atoms. The topological polar surface area (TPSA) is 55.4 Å². The Morgan fingerprint density at radius 3 is 2.64 bits per heavy atom. The first-order valence-corrected chi connectivity index (χ1v) is 7.23. The first kappa shape index (κ1) is 16.0. The number of nitrogens with one attached hydrogen (secondary N) is 1. The Labute approximate surface area is 134 Å². The summed E-state index contributed by atoms with van der Waals surface area (Å²) in [7, 11) is 0. The third kappa shape index (κ3) is 3.86. The lowest BCUT2D eigenvalue weighted by Gasteiger charge is -2.09. The lowest BCUT2D eigenvalue weighted by Crippen LogP contribution is -2.13. The van der Waals surface area contributed by atoms with Gasteiger partial charge in [0.25, 0.3) is 5.91 Å². The van der Waals surface area contributed by atoms with Crippen molar-refractivity contribution in [1.29, 1.82) is 0 Å². The molecule has 0 aliphatic rings. The molecule has 114 valence electrons. The van der Waals surface area contributed by atoms with Crippen LogP contribution >= 0.6 is 11.6 Å².